The lowest BCUT2D eigenvalue weighted by atomic mass is 10.0. The number of nitrogens with one attached hydrogen (secondary N) is 2. The second-order valence-corrected chi connectivity index (χ2v) is 7.80. The van der Waals surface area contributed by atoms with Crippen LogP contribution in [-0.2, 0) is 6.42 Å². The Bertz CT molecular complexity index is 1490. The van der Waals surface area contributed by atoms with Crippen molar-refractivity contribution in [2.24, 2.45) is 0 Å². The van der Waals surface area contributed by atoms with Gasteiger partial charge in [0.25, 0.3) is 0 Å². The SMILES string of the molecule is COc1cc(-c2[nH]c(Cc3ccccc3)c3c(=O)c4ccccc4[nH]c23)cc(OC)c1OC. The summed E-state index contributed by atoms with van der Waals surface area (Å²) in [6.45, 7) is 0. The molecule has 166 valence electrons. The van der Waals surface area contributed by atoms with Crippen molar-refractivity contribution in [3.05, 3.63) is 88.2 Å². The smallest absolute Gasteiger partial charge is 0.203 e. The van der Waals surface area contributed by atoms with E-state index in [9.17, 15) is 4.79 Å². The third kappa shape index (κ3) is 3.49. The largest absolute Gasteiger partial charge is 0.493 e. The van der Waals surface area contributed by atoms with E-state index in [4.69, 9.17) is 14.2 Å². The van der Waals surface area contributed by atoms with Crippen LogP contribution in [0.2, 0.25) is 0 Å². The van der Waals surface area contributed by atoms with Gasteiger partial charge in [-0.1, -0.05) is 42.5 Å². The number of ether oxygens (including phenoxy) is 3. The van der Waals surface area contributed by atoms with Crippen molar-refractivity contribution in [1.82, 2.24) is 9.97 Å². The Hall–Kier alpha value is -4.19. The van der Waals surface area contributed by atoms with E-state index in [2.05, 4.69) is 22.1 Å². The zero-order valence-electron chi connectivity index (χ0n) is 18.7. The average Bonchev–Trinajstić information content (AvgIpc) is 3.22. The highest BCUT2D eigenvalue weighted by molar-refractivity contribution is 6.01. The van der Waals surface area contributed by atoms with Crippen molar-refractivity contribution in [1.29, 1.82) is 0 Å². The van der Waals surface area contributed by atoms with Gasteiger partial charge in [-0.2, -0.15) is 0 Å². The molecule has 6 heteroatoms. The second-order valence-electron chi connectivity index (χ2n) is 7.80. The number of para-hydroxylation sites is 1. The lowest BCUT2D eigenvalue weighted by Crippen LogP contribution is -2.05. The topological polar surface area (TPSA) is 76.3 Å². The van der Waals surface area contributed by atoms with Gasteiger partial charge in [0, 0.05) is 28.6 Å². The van der Waals surface area contributed by atoms with Gasteiger partial charge in [-0.25, -0.2) is 0 Å². The predicted molar refractivity (Wildman–Crippen MR) is 131 cm³/mol. The molecule has 0 saturated heterocycles. The number of rotatable bonds is 6. The molecule has 3 aromatic carbocycles. The molecule has 0 atom stereocenters. The molecule has 0 aliphatic rings. The molecule has 0 aliphatic heterocycles. The van der Waals surface area contributed by atoms with Crippen LogP contribution >= 0.6 is 0 Å². The van der Waals surface area contributed by atoms with Gasteiger partial charge in [-0.05, 0) is 29.8 Å². The highest BCUT2D eigenvalue weighted by Crippen LogP contribution is 2.42. The van der Waals surface area contributed by atoms with Gasteiger partial charge in [0.15, 0.2) is 16.9 Å². The van der Waals surface area contributed by atoms with Crippen LogP contribution in [0.25, 0.3) is 33.1 Å². The zero-order chi connectivity index (χ0) is 22.9. The number of aromatic nitrogens is 2. The Morgan fingerprint density at radius 3 is 2.12 bits per heavy atom. The average molecular weight is 440 g/mol. The monoisotopic (exact) mass is 440 g/mol. The van der Waals surface area contributed by atoms with Crippen molar-refractivity contribution >= 4 is 21.8 Å². The van der Waals surface area contributed by atoms with Gasteiger partial charge in [-0.15, -0.1) is 0 Å². The van der Waals surface area contributed by atoms with Crippen LogP contribution in [0.5, 0.6) is 17.2 Å². The Morgan fingerprint density at radius 1 is 0.788 bits per heavy atom. The molecule has 5 aromatic rings. The van der Waals surface area contributed by atoms with Crippen LogP contribution in [0.3, 0.4) is 0 Å². The maximum absolute atomic E-state index is 13.6. The summed E-state index contributed by atoms with van der Waals surface area (Å²) in [6, 6.07) is 21.4. The summed E-state index contributed by atoms with van der Waals surface area (Å²) in [5.41, 5.74) is 5.11. The van der Waals surface area contributed by atoms with Crippen molar-refractivity contribution in [3.8, 4) is 28.5 Å². The molecule has 0 amide bonds. The molecule has 2 heterocycles. The Balaban J connectivity index is 1.82. The number of hydrogen-bond donors (Lipinski definition) is 2. The van der Waals surface area contributed by atoms with E-state index in [-0.39, 0.29) is 5.43 Å². The summed E-state index contributed by atoms with van der Waals surface area (Å²) in [5.74, 6) is 1.60. The first-order valence-corrected chi connectivity index (χ1v) is 10.6. The molecule has 0 aliphatic carbocycles. The molecule has 0 unspecified atom stereocenters. The molecule has 0 spiro atoms. The summed E-state index contributed by atoms with van der Waals surface area (Å²) < 4.78 is 16.6. The lowest BCUT2D eigenvalue weighted by Gasteiger charge is -2.14. The van der Waals surface area contributed by atoms with Gasteiger partial charge < -0.3 is 24.2 Å². The first-order valence-electron chi connectivity index (χ1n) is 10.6. The molecule has 2 aromatic heterocycles. The van der Waals surface area contributed by atoms with Gasteiger partial charge in [0.2, 0.25) is 5.75 Å². The summed E-state index contributed by atoms with van der Waals surface area (Å²) in [4.78, 5) is 20.6. The van der Waals surface area contributed by atoms with Crippen LogP contribution in [0.15, 0.2) is 71.5 Å². The van der Waals surface area contributed by atoms with Crippen LogP contribution in [0.1, 0.15) is 11.3 Å². The Morgan fingerprint density at radius 2 is 1.45 bits per heavy atom. The number of fused-ring (bicyclic) bond motifs is 2. The van der Waals surface area contributed by atoms with E-state index in [1.807, 2.05) is 54.6 Å². The van der Waals surface area contributed by atoms with Gasteiger partial charge in [0.05, 0.1) is 37.9 Å². The minimum absolute atomic E-state index is 0.000206. The first kappa shape index (κ1) is 20.7. The molecule has 33 heavy (non-hydrogen) atoms. The zero-order valence-corrected chi connectivity index (χ0v) is 18.7. The van der Waals surface area contributed by atoms with E-state index in [0.29, 0.717) is 34.4 Å². The standard InChI is InChI=1S/C27H24N2O4/c1-31-21-14-17(15-22(32-2)27(21)33-3)24-25-23(20(29-24)13-16-9-5-4-6-10-16)26(30)18-11-7-8-12-19(18)28-25/h4-12,14-15,28-29H,13H2,1-3H3. The van der Waals surface area contributed by atoms with Crippen molar-refractivity contribution < 1.29 is 14.2 Å². The number of hydrogen-bond acceptors (Lipinski definition) is 4. The fourth-order valence-electron chi connectivity index (χ4n) is 4.36. The molecular formula is C27H24N2O4. The quantitative estimate of drug-likeness (QED) is 0.376. The van der Waals surface area contributed by atoms with Crippen LogP contribution in [-0.4, -0.2) is 31.3 Å². The first-order chi connectivity index (χ1) is 16.1. The summed E-state index contributed by atoms with van der Waals surface area (Å²) in [6.07, 6.45) is 0.600. The van der Waals surface area contributed by atoms with E-state index < -0.39 is 0 Å². The number of aromatic amines is 2. The van der Waals surface area contributed by atoms with Crippen LogP contribution in [0.4, 0.5) is 0 Å². The van der Waals surface area contributed by atoms with E-state index in [1.54, 1.807) is 21.3 Å². The molecule has 6 nitrogen and oxygen atoms in total. The minimum Gasteiger partial charge on any atom is -0.493 e. The number of H-pyrrole nitrogens is 2. The van der Waals surface area contributed by atoms with Crippen molar-refractivity contribution in [2.75, 3.05) is 21.3 Å². The summed E-state index contributed by atoms with van der Waals surface area (Å²) >= 11 is 0. The highest BCUT2D eigenvalue weighted by Gasteiger charge is 2.21. The Kier molecular flexibility index (Phi) is 5.26. The maximum atomic E-state index is 13.6. The van der Waals surface area contributed by atoms with E-state index in [0.717, 1.165) is 33.5 Å². The molecule has 0 radical (unpaired) electrons. The molecular weight excluding hydrogens is 416 g/mol. The van der Waals surface area contributed by atoms with Gasteiger partial charge >= 0.3 is 0 Å². The molecule has 5 rings (SSSR count). The normalized spacial score (nSPS) is 11.1. The Labute approximate surface area is 190 Å². The molecule has 0 fully saturated rings. The second kappa shape index (κ2) is 8.39. The lowest BCUT2D eigenvalue weighted by molar-refractivity contribution is 0.324. The minimum atomic E-state index is 0.000206. The third-order valence-corrected chi connectivity index (χ3v) is 5.91. The van der Waals surface area contributed by atoms with Crippen LogP contribution in [0, 0.1) is 0 Å². The molecule has 0 saturated carbocycles. The van der Waals surface area contributed by atoms with E-state index >= 15 is 0 Å². The highest BCUT2D eigenvalue weighted by atomic mass is 16.5. The van der Waals surface area contributed by atoms with Crippen molar-refractivity contribution in [2.45, 2.75) is 6.42 Å². The fraction of sp³-hybridized carbons (Fsp3) is 0.148. The van der Waals surface area contributed by atoms with E-state index in [1.165, 1.54) is 0 Å². The number of benzene rings is 3. The van der Waals surface area contributed by atoms with Gasteiger partial charge in [0.1, 0.15) is 0 Å². The van der Waals surface area contributed by atoms with Crippen LogP contribution < -0.4 is 19.6 Å². The maximum Gasteiger partial charge on any atom is 0.203 e. The van der Waals surface area contributed by atoms with Gasteiger partial charge in [-0.3, -0.25) is 4.79 Å². The number of pyridine rings is 1. The summed E-state index contributed by atoms with van der Waals surface area (Å²) in [7, 11) is 4.75. The number of methoxy groups -OCH3 is 3. The molecule has 2 N–H and O–H groups in total. The van der Waals surface area contributed by atoms with Crippen molar-refractivity contribution in [3.63, 3.8) is 0 Å². The summed E-state index contributed by atoms with van der Waals surface area (Å²) in [5, 5.41) is 1.32. The fourth-order valence-corrected chi connectivity index (χ4v) is 4.36. The molecule has 0 bridgehead atoms. The third-order valence-electron chi connectivity index (χ3n) is 5.91. The predicted octanol–water partition coefficient (Wildman–Crippen LogP) is 5.29.